The zero-order valence-electron chi connectivity index (χ0n) is 14.2. The van der Waals surface area contributed by atoms with Gasteiger partial charge in [-0.1, -0.05) is 31.4 Å². The van der Waals surface area contributed by atoms with E-state index in [1.165, 1.54) is 31.4 Å². The Morgan fingerprint density at radius 1 is 1.29 bits per heavy atom. The molecule has 5 nitrogen and oxygen atoms in total. The summed E-state index contributed by atoms with van der Waals surface area (Å²) in [5.41, 5.74) is 6.40. The molecule has 1 aromatic carbocycles. The zero-order valence-corrected chi connectivity index (χ0v) is 14.2. The largest absolute Gasteiger partial charge is 0.369 e. The van der Waals surface area contributed by atoms with Crippen molar-refractivity contribution < 1.29 is 9.18 Å². The van der Waals surface area contributed by atoms with E-state index in [1.807, 2.05) is 0 Å². The molecule has 0 spiro atoms. The van der Waals surface area contributed by atoms with Crippen molar-refractivity contribution in [2.75, 3.05) is 13.6 Å². The number of carbonyl (C=O) groups is 1. The maximum atomic E-state index is 13.0. The Morgan fingerprint density at radius 2 is 1.96 bits per heavy atom. The maximum absolute atomic E-state index is 13.0. The van der Waals surface area contributed by atoms with Gasteiger partial charge in [0, 0.05) is 19.6 Å². The normalized spacial score (nSPS) is 17.3. The highest BCUT2D eigenvalue weighted by atomic mass is 19.1. The van der Waals surface area contributed by atoms with Crippen LogP contribution < -0.4 is 16.4 Å². The molecule has 24 heavy (non-hydrogen) atoms. The minimum atomic E-state index is -0.375. The van der Waals surface area contributed by atoms with Crippen LogP contribution in [0.4, 0.5) is 4.39 Å². The molecule has 0 radical (unpaired) electrons. The standard InChI is InChI=1S/C18H27FN4O/c1-21-18(23-16-5-3-2-4-6-16)22-12-14(17(20)24)11-13-7-9-15(19)10-8-13/h7-10,14,16H,2-6,11-12H2,1H3,(H2,20,24)(H2,21,22,23). The third-order valence-electron chi connectivity index (χ3n) is 4.48. The molecular weight excluding hydrogens is 307 g/mol. The molecule has 1 fully saturated rings. The first-order valence-electron chi connectivity index (χ1n) is 8.59. The lowest BCUT2D eigenvalue weighted by Gasteiger charge is -2.25. The minimum Gasteiger partial charge on any atom is -0.369 e. The number of aliphatic imine (C=N–C) groups is 1. The van der Waals surface area contributed by atoms with Gasteiger partial charge in [0.15, 0.2) is 5.96 Å². The van der Waals surface area contributed by atoms with E-state index in [1.54, 1.807) is 19.2 Å². The number of benzene rings is 1. The van der Waals surface area contributed by atoms with Crippen molar-refractivity contribution in [2.45, 2.75) is 44.6 Å². The number of amides is 1. The van der Waals surface area contributed by atoms with Crippen molar-refractivity contribution in [3.63, 3.8) is 0 Å². The number of guanidine groups is 1. The number of nitrogens with one attached hydrogen (secondary N) is 2. The van der Waals surface area contributed by atoms with E-state index in [4.69, 9.17) is 5.73 Å². The van der Waals surface area contributed by atoms with Crippen molar-refractivity contribution in [1.29, 1.82) is 0 Å². The van der Waals surface area contributed by atoms with Crippen molar-refractivity contribution in [3.05, 3.63) is 35.6 Å². The number of nitrogens with zero attached hydrogens (tertiary/aromatic N) is 1. The van der Waals surface area contributed by atoms with Gasteiger partial charge in [0.25, 0.3) is 0 Å². The summed E-state index contributed by atoms with van der Waals surface area (Å²) < 4.78 is 13.0. The van der Waals surface area contributed by atoms with Crippen LogP contribution in [0.5, 0.6) is 0 Å². The van der Waals surface area contributed by atoms with E-state index in [9.17, 15) is 9.18 Å². The molecule has 0 heterocycles. The number of primary amides is 1. The van der Waals surface area contributed by atoms with E-state index in [0.717, 1.165) is 18.4 Å². The quantitative estimate of drug-likeness (QED) is 0.550. The van der Waals surface area contributed by atoms with Gasteiger partial charge in [-0.2, -0.15) is 0 Å². The van der Waals surface area contributed by atoms with Crippen LogP contribution >= 0.6 is 0 Å². The zero-order chi connectivity index (χ0) is 17.4. The van der Waals surface area contributed by atoms with E-state index in [-0.39, 0.29) is 17.6 Å². The molecule has 6 heteroatoms. The summed E-state index contributed by atoms with van der Waals surface area (Å²) in [5.74, 6) is -0.336. The molecule has 1 aromatic rings. The lowest BCUT2D eigenvalue weighted by atomic mass is 9.95. The molecule has 0 aliphatic heterocycles. The summed E-state index contributed by atoms with van der Waals surface area (Å²) >= 11 is 0. The Hall–Kier alpha value is -2.11. The SMILES string of the molecule is CN=C(NCC(Cc1ccc(F)cc1)C(N)=O)NC1CCCCC1. The molecule has 4 N–H and O–H groups in total. The van der Waals surface area contributed by atoms with Crippen molar-refractivity contribution in [3.8, 4) is 0 Å². The summed E-state index contributed by atoms with van der Waals surface area (Å²) in [6.45, 7) is 0.402. The molecule has 1 aliphatic rings. The second kappa shape index (κ2) is 9.25. The minimum absolute atomic E-state index is 0.287. The summed E-state index contributed by atoms with van der Waals surface area (Å²) in [6, 6.07) is 6.59. The van der Waals surface area contributed by atoms with Gasteiger partial charge in [-0.25, -0.2) is 4.39 Å². The fraction of sp³-hybridized carbons (Fsp3) is 0.556. The summed E-state index contributed by atoms with van der Waals surface area (Å²) in [4.78, 5) is 15.9. The number of nitrogens with two attached hydrogens (primary N) is 1. The summed E-state index contributed by atoms with van der Waals surface area (Å²) in [6.07, 6.45) is 6.55. The summed E-state index contributed by atoms with van der Waals surface area (Å²) in [7, 11) is 1.72. The number of hydrogen-bond acceptors (Lipinski definition) is 2. The van der Waals surface area contributed by atoms with Gasteiger partial charge in [0.2, 0.25) is 5.91 Å². The first-order chi connectivity index (χ1) is 11.6. The molecule has 1 saturated carbocycles. The fourth-order valence-electron chi connectivity index (χ4n) is 3.03. The number of hydrogen-bond donors (Lipinski definition) is 3. The molecule has 1 amide bonds. The maximum Gasteiger partial charge on any atom is 0.222 e. The van der Waals surface area contributed by atoms with Crippen molar-refractivity contribution in [1.82, 2.24) is 10.6 Å². The second-order valence-electron chi connectivity index (χ2n) is 6.36. The number of halogens is 1. The lowest BCUT2D eigenvalue weighted by Crippen LogP contribution is -2.47. The molecule has 1 atom stereocenters. The molecule has 0 aromatic heterocycles. The van der Waals surface area contributed by atoms with Crippen LogP contribution in [-0.2, 0) is 11.2 Å². The topological polar surface area (TPSA) is 79.5 Å². The van der Waals surface area contributed by atoms with Crippen LogP contribution in [0.15, 0.2) is 29.3 Å². The molecule has 132 valence electrons. The predicted molar refractivity (Wildman–Crippen MR) is 94.2 cm³/mol. The Morgan fingerprint density at radius 3 is 2.54 bits per heavy atom. The fourth-order valence-corrected chi connectivity index (χ4v) is 3.03. The molecule has 0 bridgehead atoms. The van der Waals surface area contributed by atoms with Crippen LogP contribution in [0.2, 0.25) is 0 Å². The molecule has 1 unspecified atom stereocenters. The van der Waals surface area contributed by atoms with Crippen LogP contribution in [0, 0.1) is 11.7 Å². The molecule has 1 aliphatic carbocycles. The smallest absolute Gasteiger partial charge is 0.222 e. The average Bonchev–Trinajstić information content (AvgIpc) is 2.59. The third kappa shape index (κ3) is 5.83. The Balaban J connectivity index is 1.87. The first-order valence-corrected chi connectivity index (χ1v) is 8.59. The van der Waals surface area contributed by atoms with Crippen LogP contribution in [0.3, 0.4) is 0 Å². The highest BCUT2D eigenvalue weighted by Crippen LogP contribution is 2.17. The Bertz CT molecular complexity index is 553. The van der Waals surface area contributed by atoms with Gasteiger partial charge in [-0.3, -0.25) is 9.79 Å². The first kappa shape index (κ1) is 18.2. The van der Waals surface area contributed by atoms with Crippen molar-refractivity contribution >= 4 is 11.9 Å². The Labute approximate surface area is 142 Å². The average molecular weight is 334 g/mol. The van der Waals surface area contributed by atoms with Crippen molar-refractivity contribution in [2.24, 2.45) is 16.6 Å². The van der Waals surface area contributed by atoms with Crippen LogP contribution in [-0.4, -0.2) is 31.5 Å². The van der Waals surface area contributed by atoms with E-state index >= 15 is 0 Å². The summed E-state index contributed by atoms with van der Waals surface area (Å²) in [5, 5.41) is 6.60. The van der Waals surface area contributed by atoms with E-state index in [2.05, 4.69) is 15.6 Å². The lowest BCUT2D eigenvalue weighted by molar-refractivity contribution is -0.121. The van der Waals surface area contributed by atoms with Gasteiger partial charge in [0.1, 0.15) is 5.82 Å². The molecule has 0 saturated heterocycles. The predicted octanol–water partition coefficient (Wildman–Crippen LogP) is 1.97. The molecule has 2 rings (SSSR count). The second-order valence-corrected chi connectivity index (χ2v) is 6.36. The Kier molecular flexibility index (Phi) is 7.03. The highest BCUT2D eigenvalue weighted by Gasteiger charge is 2.18. The van der Waals surface area contributed by atoms with Gasteiger partial charge < -0.3 is 16.4 Å². The van der Waals surface area contributed by atoms with Crippen LogP contribution in [0.25, 0.3) is 0 Å². The van der Waals surface area contributed by atoms with Gasteiger partial charge in [0.05, 0.1) is 5.92 Å². The van der Waals surface area contributed by atoms with E-state index < -0.39 is 0 Å². The third-order valence-corrected chi connectivity index (χ3v) is 4.48. The van der Waals surface area contributed by atoms with E-state index in [0.29, 0.717) is 25.0 Å². The van der Waals surface area contributed by atoms with Gasteiger partial charge >= 0.3 is 0 Å². The van der Waals surface area contributed by atoms with Crippen LogP contribution in [0.1, 0.15) is 37.7 Å². The monoisotopic (exact) mass is 334 g/mol. The van der Waals surface area contributed by atoms with Gasteiger partial charge in [-0.15, -0.1) is 0 Å². The number of carbonyl (C=O) groups excluding carboxylic acids is 1. The highest BCUT2D eigenvalue weighted by molar-refractivity contribution is 5.82. The number of rotatable bonds is 6. The molecular formula is C18H27FN4O. The van der Waals surface area contributed by atoms with Gasteiger partial charge in [-0.05, 0) is 37.0 Å².